The van der Waals surface area contributed by atoms with Crippen LogP contribution in [0.25, 0.3) is 0 Å². The minimum atomic E-state index is 0.208. The number of piperazine rings is 1. The minimum Gasteiger partial charge on any atom is -0.329 e. The van der Waals surface area contributed by atoms with Gasteiger partial charge >= 0.3 is 0 Å². The normalized spacial score (nSPS) is 25.3. The summed E-state index contributed by atoms with van der Waals surface area (Å²) >= 11 is 2.33. The largest absolute Gasteiger partial charge is 0.329 e. The Morgan fingerprint density at radius 3 is 2.93 bits per heavy atom. The molecule has 1 aromatic rings. The van der Waals surface area contributed by atoms with E-state index in [-0.39, 0.29) is 11.9 Å². The van der Waals surface area contributed by atoms with Crippen molar-refractivity contribution in [2.75, 3.05) is 19.6 Å². The molecule has 1 unspecified atom stereocenters. The van der Waals surface area contributed by atoms with Gasteiger partial charge in [-0.05, 0) is 11.6 Å². The first-order chi connectivity index (χ1) is 7.27. The van der Waals surface area contributed by atoms with Crippen LogP contribution in [0.2, 0.25) is 0 Å². The molecule has 0 spiro atoms. The topological polar surface area (TPSA) is 23.6 Å². The number of halogens is 1. The van der Waals surface area contributed by atoms with Gasteiger partial charge in [0.05, 0.1) is 6.04 Å². The average molecular weight is 314 g/mol. The van der Waals surface area contributed by atoms with Crippen LogP contribution in [0.1, 0.15) is 22.0 Å². The van der Waals surface area contributed by atoms with E-state index < -0.39 is 0 Å². The highest BCUT2D eigenvalue weighted by Gasteiger charge is 2.39. The summed E-state index contributed by atoms with van der Waals surface area (Å²) in [7, 11) is 0. The fourth-order valence-corrected chi connectivity index (χ4v) is 2.98. The number of amides is 1. The van der Waals surface area contributed by atoms with Gasteiger partial charge in [-0.25, -0.2) is 3.11 Å². The summed E-state index contributed by atoms with van der Waals surface area (Å²) in [5, 5.41) is 0. The van der Waals surface area contributed by atoms with Crippen molar-refractivity contribution in [2.24, 2.45) is 0 Å². The van der Waals surface area contributed by atoms with Crippen LogP contribution < -0.4 is 0 Å². The zero-order chi connectivity index (χ0) is 10.4. The Hall–Kier alpha value is -0.620. The summed E-state index contributed by atoms with van der Waals surface area (Å²) in [5.74, 6) is 0.208. The average Bonchev–Trinajstić information content (AvgIpc) is 2.54. The van der Waals surface area contributed by atoms with Crippen molar-refractivity contribution in [3.05, 3.63) is 35.4 Å². The van der Waals surface area contributed by atoms with Crippen molar-refractivity contribution in [3.63, 3.8) is 0 Å². The molecule has 2 aliphatic heterocycles. The van der Waals surface area contributed by atoms with Crippen molar-refractivity contribution in [2.45, 2.75) is 6.04 Å². The van der Waals surface area contributed by atoms with Gasteiger partial charge in [0.15, 0.2) is 0 Å². The highest BCUT2D eigenvalue weighted by Crippen LogP contribution is 2.36. The van der Waals surface area contributed by atoms with E-state index in [0.717, 1.165) is 25.2 Å². The second-order valence-electron chi connectivity index (χ2n) is 3.97. The van der Waals surface area contributed by atoms with Crippen LogP contribution in [0, 0.1) is 0 Å². The highest BCUT2D eigenvalue weighted by atomic mass is 127. The SMILES string of the molecule is O=C1c2ccccc2C2CN(I)CCN12. The Labute approximate surface area is 103 Å². The van der Waals surface area contributed by atoms with Gasteiger partial charge in [0.25, 0.3) is 5.91 Å². The smallest absolute Gasteiger partial charge is 0.254 e. The molecule has 1 atom stereocenters. The maximum Gasteiger partial charge on any atom is 0.254 e. The maximum atomic E-state index is 12.0. The Morgan fingerprint density at radius 1 is 1.27 bits per heavy atom. The summed E-state index contributed by atoms with van der Waals surface area (Å²) in [6.07, 6.45) is 0. The summed E-state index contributed by atoms with van der Waals surface area (Å²) < 4.78 is 2.26. The van der Waals surface area contributed by atoms with E-state index in [9.17, 15) is 4.79 Å². The van der Waals surface area contributed by atoms with Crippen LogP contribution in [0.5, 0.6) is 0 Å². The Morgan fingerprint density at radius 2 is 2.07 bits per heavy atom. The number of benzene rings is 1. The first-order valence-electron chi connectivity index (χ1n) is 5.08. The Balaban J connectivity index is 2.06. The first-order valence-corrected chi connectivity index (χ1v) is 6.04. The number of fused-ring (bicyclic) bond motifs is 3. The Bertz CT molecular complexity index is 421. The van der Waals surface area contributed by atoms with Gasteiger partial charge in [0.2, 0.25) is 0 Å². The minimum absolute atomic E-state index is 0.208. The van der Waals surface area contributed by atoms with E-state index in [2.05, 4.69) is 32.0 Å². The number of hydrogen-bond acceptors (Lipinski definition) is 2. The van der Waals surface area contributed by atoms with E-state index in [0.29, 0.717) is 0 Å². The monoisotopic (exact) mass is 314 g/mol. The molecular formula is C11H11IN2O. The van der Waals surface area contributed by atoms with Crippen LogP contribution >= 0.6 is 22.9 Å². The standard InChI is InChI=1S/C11H11IN2O/c12-13-5-6-14-10(7-13)8-3-1-2-4-9(8)11(14)15/h1-4,10H,5-7H2. The summed E-state index contributed by atoms with van der Waals surface area (Å²) in [6, 6.07) is 8.25. The van der Waals surface area contributed by atoms with E-state index in [1.165, 1.54) is 5.56 Å². The third-order valence-corrected chi connectivity index (χ3v) is 4.02. The number of carbonyl (C=O) groups excluding carboxylic acids is 1. The molecule has 0 radical (unpaired) electrons. The predicted molar refractivity (Wildman–Crippen MR) is 65.8 cm³/mol. The van der Waals surface area contributed by atoms with Gasteiger partial charge in [-0.15, -0.1) is 0 Å². The molecule has 4 heteroatoms. The lowest BCUT2D eigenvalue weighted by molar-refractivity contribution is 0.0650. The van der Waals surface area contributed by atoms with Crippen molar-refractivity contribution in [1.29, 1.82) is 0 Å². The summed E-state index contributed by atoms with van der Waals surface area (Å²) in [5.41, 5.74) is 2.10. The van der Waals surface area contributed by atoms with Crippen molar-refractivity contribution >= 4 is 28.8 Å². The molecule has 0 aliphatic carbocycles. The van der Waals surface area contributed by atoms with Crippen LogP contribution in [-0.4, -0.2) is 33.6 Å². The van der Waals surface area contributed by atoms with Gasteiger partial charge in [-0.3, -0.25) is 4.79 Å². The highest BCUT2D eigenvalue weighted by molar-refractivity contribution is 14.1. The molecule has 2 aliphatic rings. The maximum absolute atomic E-state index is 12.0. The van der Waals surface area contributed by atoms with Crippen molar-refractivity contribution < 1.29 is 4.79 Å². The molecular weight excluding hydrogens is 303 g/mol. The van der Waals surface area contributed by atoms with E-state index >= 15 is 0 Å². The zero-order valence-corrected chi connectivity index (χ0v) is 10.3. The van der Waals surface area contributed by atoms with Crippen molar-refractivity contribution in [1.82, 2.24) is 8.01 Å². The number of rotatable bonds is 0. The summed E-state index contributed by atoms with van der Waals surface area (Å²) in [6.45, 7) is 2.77. The molecule has 2 heterocycles. The number of hydrogen-bond donors (Lipinski definition) is 0. The molecule has 0 aromatic heterocycles. The van der Waals surface area contributed by atoms with E-state index in [1.54, 1.807) is 0 Å². The third kappa shape index (κ3) is 1.38. The predicted octanol–water partition coefficient (Wildman–Crippen LogP) is 1.85. The third-order valence-electron chi connectivity index (χ3n) is 3.14. The van der Waals surface area contributed by atoms with E-state index in [4.69, 9.17) is 0 Å². The molecule has 3 rings (SSSR count). The van der Waals surface area contributed by atoms with Gasteiger partial charge in [0, 0.05) is 48.1 Å². The molecule has 15 heavy (non-hydrogen) atoms. The molecule has 0 saturated carbocycles. The lowest BCUT2D eigenvalue weighted by Crippen LogP contribution is -2.43. The number of carbonyl (C=O) groups is 1. The molecule has 1 amide bonds. The first kappa shape index (κ1) is 9.59. The summed E-state index contributed by atoms with van der Waals surface area (Å²) in [4.78, 5) is 14.0. The Kier molecular flexibility index (Phi) is 2.21. The molecule has 0 N–H and O–H groups in total. The van der Waals surface area contributed by atoms with Crippen LogP contribution in [0.15, 0.2) is 24.3 Å². The van der Waals surface area contributed by atoms with E-state index in [1.807, 2.05) is 23.1 Å². The van der Waals surface area contributed by atoms with Gasteiger partial charge in [0.1, 0.15) is 0 Å². The lowest BCUT2D eigenvalue weighted by atomic mass is 10.0. The van der Waals surface area contributed by atoms with Gasteiger partial charge < -0.3 is 4.90 Å². The van der Waals surface area contributed by atoms with Gasteiger partial charge in [-0.2, -0.15) is 0 Å². The fourth-order valence-electron chi connectivity index (χ4n) is 2.40. The van der Waals surface area contributed by atoms with Crippen LogP contribution in [-0.2, 0) is 0 Å². The molecule has 0 bridgehead atoms. The second-order valence-corrected chi connectivity index (χ2v) is 5.33. The molecule has 1 fully saturated rings. The molecule has 1 saturated heterocycles. The van der Waals surface area contributed by atoms with Gasteiger partial charge in [-0.1, -0.05) is 18.2 Å². The van der Waals surface area contributed by atoms with Crippen LogP contribution in [0.3, 0.4) is 0 Å². The molecule has 1 aromatic carbocycles. The second kappa shape index (κ2) is 3.45. The zero-order valence-electron chi connectivity index (χ0n) is 8.19. The quantitative estimate of drug-likeness (QED) is 0.539. The fraction of sp³-hybridized carbons (Fsp3) is 0.364. The number of nitrogens with zero attached hydrogens (tertiary/aromatic N) is 2. The molecule has 3 nitrogen and oxygen atoms in total. The molecule has 78 valence electrons. The van der Waals surface area contributed by atoms with Crippen LogP contribution in [0.4, 0.5) is 0 Å². The lowest BCUT2D eigenvalue weighted by Gasteiger charge is -2.34. The van der Waals surface area contributed by atoms with Crippen molar-refractivity contribution in [3.8, 4) is 0 Å².